The van der Waals surface area contributed by atoms with E-state index in [1.807, 2.05) is 29.3 Å². The van der Waals surface area contributed by atoms with Crippen LogP contribution in [0.25, 0.3) is 0 Å². The highest BCUT2D eigenvalue weighted by Gasteiger charge is 2.23. The minimum absolute atomic E-state index is 0.00488. The summed E-state index contributed by atoms with van der Waals surface area (Å²) in [6.45, 7) is 3.39. The van der Waals surface area contributed by atoms with E-state index in [9.17, 15) is 9.59 Å². The molecule has 0 radical (unpaired) electrons. The van der Waals surface area contributed by atoms with Crippen LogP contribution < -0.4 is 5.32 Å². The van der Waals surface area contributed by atoms with E-state index in [-0.39, 0.29) is 17.9 Å². The van der Waals surface area contributed by atoms with Crippen LogP contribution in [0, 0.1) is 0 Å². The molecule has 0 aliphatic carbocycles. The molecule has 0 bridgehead atoms. The highest BCUT2D eigenvalue weighted by Crippen LogP contribution is 2.14. The van der Waals surface area contributed by atoms with Crippen molar-refractivity contribution in [1.82, 2.24) is 10.2 Å². The van der Waals surface area contributed by atoms with Gasteiger partial charge in [-0.05, 0) is 24.3 Å². The fraction of sp³-hybridized carbons (Fsp3) is 0.538. The maximum Gasteiger partial charge on any atom is 0.261 e. The molecule has 1 fully saturated rings. The molecule has 0 saturated carbocycles. The van der Waals surface area contributed by atoms with Gasteiger partial charge in [-0.3, -0.25) is 9.59 Å². The number of piperidine rings is 1. The number of thiophene rings is 1. The number of likely N-dealkylation sites (tertiary alicyclic amines) is 1. The van der Waals surface area contributed by atoms with E-state index in [2.05, 4.69) is 5.32 Å². The molecule has 98 valence electrons. The van der Waals surface area contributed by atoms with Crippen LogP contribution in [-0.2, 0) is 4.79 Å². The number of rotatable bonds is 3. The second kappa shape index (κ2) is 6.00. The molecule has 4 nitrogen and oxygen atoms in total. The van der Waals surface area contributed by atoms with Gasteiger partial charge < -0.3 is 10.2 Å². The lowest BCUT2D eigenvalue weighted by Gasteiger charge is -2.32. The van der Waals surface area contributed by atoms with E-state index < -0.39 is 0 Å². The van der Waals surface area contributed by atoms with Crippen LogP contribution in [0.4, 0.5) is 0 Å². The zero-order chi connectivity index (χ0) is 13.0. The second-order valence-electron chi connectivity index (χ2n) is 4.46. The van der Waals surface area contributed by atoms with Crippen molar-refractivity contribution in [3.8, 4) is 0 Å². The average Bonchev–Trinajstić information content (AvgIpc) is 2.92. The molecule has 1 aromatic rings. The van der Waals surface area contributed by atoms with Crippen molar-refractivity contribution in [2.24, 2.45) is 0 Å². The molecular formula is C13H18N2O2S. The maximum absolute atomic E-state index is 11.9. The lowest BCUT2D eigenvalue weighted by molar-refractivity contribution is -0.131. The van der Waals surface area contributed by atoms with Crippen LogP contribution in [0.2, 0.25) is 0 Å². The summed E-state index contributed by atoms with van der Waals surface area (Å²) in [6.07, 6.45) is 2.26. The Morgan fingerprint density at radius 2 is 2.17 bits per heavy atom. The molecule has 18 heavy (non-hydrogen) atoms. The van der Waals surface area contributed by atoms with Gasteiger partial charge >= 0.3 is 0 Å². The number of hydrogen-bond acceptors (Lipinski definition) is 3. The minimum atomic E-state index is 0.00488. The van der Waals surface area contributed by atoms with E-state index >= 15 is 0 Å². The third-order valence-electron chi connectivity index (χ3n) is 3.23. The number of amides is 2. The molecule has 0 atom stereocenters. The van der Waals surface area contributed by atoms with Gasteiger partial charge in [0.2, 0.25) is 5.91 Å². The lowest BCUT2D eigenvalue weighted by atomic mass is 10.0. The van der Waals surface area contributed by atoms with Crippen LogP contribution in [0.3, 0.4) is 0 Å². The molecule has 5 heteroatoms. The van der Waals surface area contributed by atoms with Gasteiger partial charge in [-0.15, -0.1) is 11.3 Å². The molecule has 1 aliphatic heterocycles. The molecule has 2 heterocycles. The predicted octanol–water partition coefficient (Wildman–Crippen LogP) is 1.88. The van der Waals surface area contributed by atoms with Gasteiger partial charge in [0.15, 0.2) is 0 Å². The smallest absolute Gasteiger partial charge is 0.261 e. The Morgan fingerprint density at radius 1 is 1.44 bits per heavy atom. The van der Waals surface area contributed by atoms with Gasteiger partial charge in [0, 0.05) is 25.6 Å². The Bertz CT molecular complexity index is 409. The molecule has 0 spiro atoms. The monoisotopic (exact) mass is 266 g/mol. The third kappa shape index (κ3) is 3.10. The molecule has 2 rings (SSSR count). The Labute approximate surface area is 111 Å². The molecule has 1 aliphatic rings. The molecular weight excluding hydrogens is 248 g/mol. The Hall–Kier alpha value is -1.36. The number of hydrogen-bond donors (Lipinski definition) is 1. The van der Waals surface area contributed by atoms with Gasteiger partial charge in [-0.25, -0.2) is 0 Å². The van der Waals surface area contributed by atoms with E-state index in [0.717, 1.165) is 30.8 Å². The molecule has 1 aromatic heterocycles. The molecule has 0 unspecified atom stereocenters. The second-order valence-corrected chi connectivity index (χ2v) is 5.41. The first kappa shape index (κ1) is 13.1. The Morgan fingerprint density at radius 3 is 2.72 bits per heavy atom. The fourth-order valence-electron chi connectivity index (χ4n) is 2.16. The fourth-order valence-corrected chi connectivity index (χ4v) is 2.79. The quantitative estimate of drug-likeness (QED) is 0.908. The Balaban J connectivity index is 1.80. The lowest BCUT2D eigenvalue weighted by Crippen LogP contribution is -2.46. The van der Waals surface area contributed by atoms with Crippen LogP contribution in [0.15, 0.2) is 17.5 Å². The van der Waals surface area contributed by atoms with Gasteiger partial charge in [0.1, 0.15) is 0 Å². The first-order chi connectivity index (χ1) is 8.70. The van der Waals surface area contributed by atoms with E-state index in [4.69, 9.17) is 0 Å². The summed E-state index contributed by atoms with van der Waals surface area (Å²) in [4.78, 5) is 26.0. The van der Waals surface area contributed by atoms with Crippen molar-refractivity contribution in [1.29, 1.82) is 0 Å². The van der Waals surface area contributed by atoms with Crippen molar-refractivity contribution >= 4 is 23.2 Å². The summed E-state index contributed by atoms with van der Waals surface area (Å²) < 4.78 is 0. The van der Waals surface area contributed by atoms with E-state index in [1.165, 1.54) is 11.3 Å². The van der Waals surface area contributed by atoms with Gasteiger partial charge in [0.25, 0.3) is 5.91 Å². The molecule has 0 aromatic carbocycles. The van der Waals surface area contributed by atoms with Gasteiger partial charge in [0.05, 0.1) is 4.88 Å². The van der Waals surface area contributed by atoms with Crippen molar-refractivity contribution in [3.63, 3.8) is 0 Å². The maximum atomic E-state index is 11.9. The first-order valence-corrected chi connectivity index (χ1v) is 7.20. The minimum Gasteiger partial charge on any atom is -0.348 e. The van der Waals surface area contributed by atoms with Crippen molar-refractivity contribution in [3.05, 3.63) is 22.4 Å². The zero-order valence-electron chi connectivity index (χ0n) is 10.5. The summed E-state index contributed by atoms with van der Waals surface area (Å²) in [5.74, 6) is 0.211. The summed E-state index contributed by atoms with van der Waals surface area (Å²) in [5, 5.41) is 4.93. The van der Waals surface area contributed by atoms with E-state index in [1.54, 1.807) is 0 Å². The highest BCUT2D eigenvalue weighted by molar-refractivity contribution is 7.12. The van der Waals surface area contributed by atoms with Gasteiger partial charge in [-0.1, -0.05) is 13.0 Å². The highest BCUT2D eigenvalue weighted by atomic mass is 32.1. The summed E-state index contributed by atoms with van der Waals surface area (Å²) in [7, 11) is 0. The normalized spacial score (nSPS) is 16.6. The molecule has 1 saturated heterocycles. The first-order valence-electron chi connectivity index (χ1n) is 6.33. The SMILES string of the molecule is CCC(=O)N1CCC(NC(=O)c2cccs2)CC1. The topological polar surface area (TPSA) is 49.4 Å². The molecule has 2 amide bonds. The summed E-state index contributed by atoms with van der Waals surface area (Å²) >= 11 is 1.45. The number of carbonyl (C=O) groups excluding carboxylic acids is 2. The number of nitrogens with one attached hydrogen (secondary N) is 1. The van der Waals surface area contributed by atoms with Crippen LogP contribution in [0.1, 0.15) is 35.9 Å². The van der Waals surface area contributed by atoms with Crippen molar-refractivity contribution in [2.45, 2.75) is 32.2 Å². The van der Waals surface area contributed by atoms with Crippen LogP contribution >= 0.6 is 11.3 Å². The third-order valence-corrected chi connectivity index (χ3v) is 4.10. The standard InChI is InChI=1S/C13H18N2O2S/c1-2-12(16)15-7-5-10(6-8-15)14-13(17)11-4-3-9-18-11/h3-4,9-10H,2,5-8H2,1H3,(H,14,17). The molecule has 1 N–H and O–H groups in total. The van der Waals surface area contributed by atoms with E-state index in [0.29, 0.717) is 6.42 Å². The Kier molecular flexibility index (Phi) is 4.36. The van der Waals surface area contributed by atoms with Gasteiger partial charge in [-0.2, -0.15) is 0 Å². The van der Waals surface area contributed by atoms with Crippen LogP contribution in [-0.4, -0.2) is 35.8 Å². The van der Waals surface area contributed by atoms with Crippen LogP contribution in [0.5, 0.6) is 0 Å². The average molecular weight is 266 g/mol. The zero-order valence-corrected chi connectivity index (χ0v) is 11.3. The van der Waals surface area contributed by atoms with Crippen molar-refractivity contribution < 1.29 is 9.59 Å². The largest absolute Gasteiger partial charge is 0.348 e. The number of nitrogens with zero attached hydrogens (tertiary/aromatic N) is 1. The summed E-state index contributed by atoms with van der Waals surface area (Å²) in [6, 6.07) is 3.90. The van der Waals surface area contributed by atoms with Crippen molar-refractivity contribution in [2.75, 3.05) is 13.1 Å². The summed E-state index contributed by atoms with van der Waals surface area (Å²) in [5.41, 5.74) is 0. The predicted molar refractivity (Wildman–Crippen MR) is 71.7 cm³/mol. The number of carbonyl (C=O) groups is 2.